The van der Waals surface area contributed by atoms with Gasteiger partial charge in [0.1, 0.15) is 28.7 Å². The van der Waals surface area contributed by atoms with E-state index in [2.05, 4.69) is 10.6 Å². The number of likely N-dealkylation sites (N-methyl/N-ethyl adjacent to an activating group) is 1. The molecule has 2 fully saturated rings. The highest BCUT2D eigenvalue weighted by molar-refractivity contribution is 6.45. The minimum atomic E-state index is -1.55. The maximum absolute atomic E-state index is 12.3. The second-order valence-corrected chi connectivity index (χ2v) is 9.26. The van der Waals surface area contributed by atoms with Gasteiger partial charge in [-0.15, -0.1) is 0 Å². The van der Waals surface area contributed by atoms with Crippen molar-refractivity contribution < 1.29 is 39.4 Å². The molecule has 1 saturated heterocycles. The van der Waals surface area contributed by atoms with Gasteiger partial charge in [-0.3, -0.25) is 14.5 Å². The predicted molar refractivity (Wildman–Crippen MR) is 121 cm³/mol. The largest absolute Gasteiger partial charge is 0.507 e. The number of ether oxygens (including phenoxy) is 1. The second-order valence-electron chi connectivity index (χ2n) is 9.26. The molecule has 4 atom stereocenters. The highest BCUT2D eigenvalue weighted by Crippen LogP contribution is 2.61. The lowest BCUT2D eigenvalue weighted by atomic mass is 9.80. The number of amides is 2. The van der Waals surface area contributed by atoms with Gasteiger partial charge in [0.15, 0.2) is 0 Å². The number of nitrogens with two attached hydrogens (primary N) is 1. The Labute approximate surface area is 197 Å². The zero-order valence-electron chi connectivity index (χ0n) is 19.3. The number of benzene rings is 1. The van der Waals surface area contributed by atoms with Crippen LogP contribution in [0.2, 0.25) is 5.82 Å². The molecule has 12 nitrogen and oxygen atoms in total. The number of aromatic hydroxyl groups is 1. The third-order valence-corrected chi connectivity index (χ3v) is 6.51. The third kappa shape index (κ3) is 5.27. The average molecular weight is 478 g/mol. The first-order valence-corrected chi connectivity index (χ1v) is 11.0. The monoisotopic (exact) mass is 478 g/mol. The van der Waals surface area contributed by atoms with Crippen LogP contribution in [0.5, 0.6) is 11.5 Å². The number of hydrogen-bond acceptors (Lipinski definition) is 9. The summed E-state index contributed by atoms with van der Waals surface area (Å²) in [4.78, 5) is 37.3. The van der Waals surface area contributed by atoms with Crippen molar-refractivity contribution in [3.63, 3.8) is 0 Å². The van der Waals surface area contributed by atoms with E-state index in [1.807, 2.05) is 4.90 Å². The van der Waals surface area contributed by atoms with E-state index in [1.54, 1.807) is 19.9 Å². The Bertz CT molecular complexity index is 966. The quantitative estimate of drug-likeness (QED) is 0.191. The van der Waals surface area contributed by atoms with Gasteiger partial charge in [-0.05, 0) is 30.4 Å². The van der Waals surface area contributed by atoms with E-state index in [0.29, 0.717) is 18.7 Å². The molecule has 186 valence electrons. The SMILES string of the molecule is CNC(=O)CNC(=O)[C@@](C)(N)CN1CC(Oc2ccc(C3C(C)C3B(O)O)c(O)c2C(=O)O)C1. The first kappa shape index (κ1) is 25.8. The van der Waals surface area contributed by atoms with Crippen molar-refractivity contribution in [3.05, 3.63) is 23.3 Å². The normalized spacial score (nSPS) is 23.9. The molecular weight excluding hydrogens is 447 g/mol. The summed E-state index contributed by atoms with van der Waals surface area (Å²) in [5, 5.41) is 44.1. The van der Waals surface area contributed by atoms with Gasteiger partial charge in [0, 0.05) is 32.5 Å². The van der Waals surface area contributed by atoms with Gasteiger partial charge in [-0.25, -0.2) is 4.79 Å². The molecule has 2 aliphatic rings. The van der Waals surface area contributed by atoms with Crippen molar-refractivity contribution in [1.29, 1.82) is 0 Å². The summed E-state index contributed by atoms with van der Waals surface area (Å²) >= 11 is 0. The lowest BCUT2D eigenvalue weighted by Gasteiger charge is -2.42. The minimum absolute atomic E-state index is 0.00614. The van der Waals surface area contributed by atoms with Crippen molar-refractivity contribution in [2.45, 2.75) is 37.2 Å². The highest BCUT2D eigenvalue weighted by atomic mass is 16.5. The van der Waals surface area contributed by atoms with E-state index in [0.717, 1.165) is 0 Å². The molecule has 13 heteroatoms. The molecule has 0 bridgehead atoms. The van der Waals surface area contributed by atoms with Gasteiger partial charge in [0.25, 0.3) is 0 Å². The molecule has 1 aliphatic heterocycles. The van der Waals surface area contributed by atoms with Crippen LogP contribution < -0.4 is 21.1 Å². The maximum atomic E-state index is 12.3. The van der Waals surface area contributed by atoms with E-state index in [9.17, 15) is 34.6 Å². The van der Waals surface area contributed by atoms with E-state index in [-0.39, 0.29) is 48.2 Å². The summed E-state index contributed by atoms with van der Waals surface area (Å²) < 4.78 is 5.80. The number of rotatable bonds is 10. The van der Waals surface area contributed by atoms with E-state index in [1.165, 1.54) is 13.1 Å². The lowest BCUT2D eigenvalue weighted by Crippen LogP contribution is -2.64. The van der Waals surface area contributed by atoms with Crippen LogP contribution in [0.15, 0.2) is 12.1 Å². The van der Waals surface area contributed by atoms with Crippen LogP contribution in [0.25, 0.3) is 0 Å². The molecule has 8 N–H and O–H groups in total. The molecule has 1 heterocycles. The highest BCUT2D eigenvalue weighted by Gasteiger charge is 2.55. The van der Waals surface area contributed by atoms with Gasteiger partial charge in [-0.2, -0.15) is 0 Å². The number of aromatic carboxylic acids is 1. The molecular formula is C21H31BN4O8. The van der Waals surface area contributed by atoms with E-state index in [4.69, 9.17) is 10.5 Å². The number of carbonyl (C=O) groups excluding carboxylic acids is 2. The Hall–Kier alpha value is -2.87. The molecule has 1 aromatic carbocycles. The van der Waals surface area contributed by atoms with Crippen LogP contribution in [0, 0.1) is 5.92 Å². The molecule has 2 amide bonds. The number of hydrogen-bond donors (Lipinski definition) is 7. The Kier molecular flexibility index (Phi) is 7.41. The summed E-state index contributed by atoms with van der Waals surface area (Å²) in [6.45, 7) is 4.14. The molecule has 0 radical (unpaired) electrons. The Balaban J connectivity index is 1.60. The Morgan fingerprint density at radius 2 is 1.94 bits per heavy atom. The number of carbonyl (C=O) groups is 3. The van der Waals surface area contributed by atoms with Crippen molar-refractivity contribution in [1.82, 2.24) is 15.5 Å². The van der Waals surface area contributed by atoms with Gasteiger partial charge < -0.3 is 41.4 Å². The van der Waals surface area contributed by atoms with Crippen LogP contribution in [0.3, 0.4) is 0 Å². The van der Waals surface area contributed by atoms with Crippen LogP contribution in [-0.2, 0) is 9.59 Å². The smallest absolute Gasteiger partial charge is 0.455 e. The number of nitrogens with one attached hydrogen (secondary N) is 2. The third-order valence-electron chi connectivity index (χ3n) is 6.51. The zero-order chi connectivity index (χ0) is 25.4. The number of phenols is 1. The van der Waals surface area contributed by atoms with E-state index < -0.39 is 36.1 Å². The summed E-state index contributed by atoms with van der Waals surface area (Å²) in [7, 11) is -0.0918. The number of carboxylic acids is 1. The zero-order valence-corrected chi connectivity index (χ0v) is 19.3. The van der Waals surface area contributed by atoms with Crippen LogP contribution in [-0.4, -0.2) is 94.9 Å². The summed E-state index contributed by atoms with van der Waals surface area (Å²) in [5.41, 5.74) is 4.82. The maximum Gasteiger partial charge on any atom is 0.455 e. The van der Waals surface area contributed by atoms with Crippen LogP contribution in [0.1, 0.15) is 35.7 Å². The number of nitrogens with zero attached hydrogens (tertiary/aromatic N) is 1. The first-order valence-electron chi connectivity index (χ1n) is 11.0. The van der Waals surface area contributed by atoms with Gasteiger partial charge in [-0.1, -0.05) is 13.0 Å². The van der Waals surface area contributed by atoms with Crippen molar-refractivity contribution >= 4 is 24.9 Å². The van der Waals surface area contributed by atoms with E-state index >= 15 is 0 Å². The molecule has 0 spiro atoms. The molecule has 3 rings (SSSR count). The van der Waals surface area contributed by atoms with Gasteiger partial charge in [0.05, 0.1) is 6.54 Å². The number of carboxylic acid groups (broad SMARTS) is 1. The average Bonchev–Trinajstić information content (AvgIpc) is 3.40. The van der Waals surface area contributed by atoms with Gasteiger partial charge in [0.2, 0.25) is 11.8 Å². The first-order chi connectivity index (χ1) is 15.9. The molecule has 1 aromatic rings. The Morgan fingerprint density at radius 1 is 1.29 bits per heavy atom. The molecule has 1 saturated carbocycles. The fraction of sp³-hybridized carbons (Fsp3) is 0.571. The summed E-state index contributed by atoms with van der Waals surface area (Å²) in [6, 6.07) is 3.01. The summed E-state index contributed by atoms with van der Waals surface area (Å²) in [6.07, 6.45) is -0.375. The summed E-state index contributed by atoms with van der Waals surface area (Å²) in [5.74, 6) is -3.56. The fourth-order valence-electron chi connectivity index (χ4n) is 4.50. The lowest BCUT2D eigenvalue weighted by molar-refractivity contribution is -0.130. The topological polar surface area (TPSA) is 195 Å². The minimum Gasteiger partial charge on any atom is -0.507 e. The van der Waals surface area contributed by atoms with Crippen molar-refractivity contribution in [3.8, 4) is 11.5 Å². The van der Waals surface area contributed by atoms with Crippen molar-refractivity contribution in [2.75, 3.05) is 33.2 Å². The predicted octanol–water partition coefficient (Wildman–Crippen LogP) is -1.69. The second kappa shape index (κ2) is 9.78. The number of likely N-dealkylation sites (tertiary alicyclic amines) is 1. The molecule has 1 aliphatic carbocycles. The van der Waals surface area contributed by atoms with Gasteiger partial charge >= 0.3 is 13.1 Å². The van der Waals surface area contributed by atoms with Crippen molar-refractivity contribution in [2.24, 2.45) is 11.7 Å². The van der Waals surface area contributed by atoms with Crippen LogP contribution >= 0.6 is 0 Å². The fourth-order valence-corrected chi connectivity index (χ4v) is 4.50. The standard InChI is InChI=1S/C21H31BN4O8/c1-10-15(17(10)22(32)33)12-4-5-13(16(18(12)28)19(29)30)34-11-7-26(8-11)9-21(2,23)20(31)25-6-14(27)24-3/h4-5,10-11,15,17,28,32-33H,6-9,23H2,1-3H3,(H,24,27)(H,25,31)(H,29,30)/t10?,15?,17?,21-/m0/s1. The molecule has 0 aromatic heterocycles. The molecule has 3 unspecified atom stereocenters. The molecule has 34 heavy (non-hydrogen) atoms. The van der Waals surface area contributed by atoms with Crippen LogP contribution in [0.4, 0.5) is 0 Å². The Morgan fingerprint density at radius 3 is 2.47 bits per heavy atom.